The van der Waals surface area contributed by atoms with Crippen molar-refractivity contribution in [1.82, 2.24) is 24.8 Å². The summed E-state index contributed by atoms with van der Waals surface area (Å²) >= 11 is 0. The predicted molar refractivity (Wildman–Crippen MR) is 243 cm³/mol. The number of hydrogen-bond acceptors (Lipinski definition) is 10. The number of pyridine rings is 1. The van der Waals surface area contributed by atoms with E-state index in [9.17, 15) is 27.9 Å². The lowest BCUT2D eigenvalue weighted by Crippen LogP contribution is -2.61. The van der Waals surface area contributed by atoms with E-state index >= 15 is 9.18 Å². The van der Waals surface area contributed by atoms with Gasteiger partial charge in [0.05, 0.1) is 30.7 Å². The number of sulfonamides is 1. The Morgan fingerprint density at radius 2 is 1.77 bits per heavy atom. The number of carbonyl (C=O) groups is 4. The topological polar surface area (TPSA) is 194 Å². The molecule has 1 unspecified atom stereocenters. The van der Waals surface area contributed by atoms with Crippen molar-refractivity contribution in [1.29, 1.82) is 0 Å². The number of carbonyl (C=O) groups excluding carboxylic acids is 3. The largest absolute Gasteiger partial charge is 0.497 e. The van der Waals surface area contributed by atoms with E-state index in [4.69, 9.17) is 19.2 Å². The number of nitrogens with one attached hydrogen (secondary N) is 2. The van der Waals surface area contributed by atoms with Crippen molar-refractivity contribution in [2.24, 2.45) is 29.6 Å². The maximum atomic E-state index is 15.5. The summed E-state index contributed by atoms with van der Waals surface area (Å²) in [6, 6.07) is 8.96. The van der Waals surface area contributed by atoms with Gasteiger partial charge in [0.1, 0.15) is 29.5 Å². The van der Waals surface area contributed by atoms with Crippen molar-refractivity contribution >= 4 is 44.6 Å². The molecule has 0 bridgehead atoms. The van der Waals surface area contributed by atoms with Crippen molar-refractivity contribution in [3.63, 3.8) is 0 Å². The third-order valence-corrected chi connectivity index (χ3v) is 16.4. The van der Waals surface area contributed by atoms with Crippen LogP contribution in [0.5, 0.6) is 17.4 Å². The highest BCUT2D eigenvalue weighted by Gasteiger charge is 2.62. The van der Waals surface area contributed by atoms with Gasteiger partial charge in [-0.2, -0.15) is 0 Å². The molecule has 2 aromatic carbocycles. The minimum atomic E-state index is -3.97. The van der Waals surface area contributed by atoms with E-state index in [2.05, 4.69) is 17.0 Å². The Labute approximate surface area is 384 Å². The van der Waals surface area contributed by atoms with Crippen LogP contribution in [-0.2, 0) is 24.4 Å². The number of hydrogen-bond donors (Lipinski definition) is 3. The molecule has 3 heterocycles. The highest BCUT2D eigenvalue weighted by atomic mass is 32.2. The Hall–Kier alpha value is -5.45. The number of fused-ring (bicyclic) bond motifs is 4. The smallest absolute Gasteiger partial charge is 0.408 e. The van der Waals surface area contributed by atoms with Crippen LogP contribution in [-0.4, -0.2) is 107 Å². The number of aromatic nitrogens is 1. The molecule has 4 saturated carbocycles. The molecule has 9 rings (SSSR count). The number of benzene rings is 2. The van der Waals surface area contributed by atoms with Crippen molar-refractivity contribution in [2.45, 2.75) is 133 Å². The fourth-order valence-electron chi connectivity index (χ4n) is 10.8. The second-order valence-corrected chi connectivity index (χ2v) is 21.9. The molecule has 0 spiro atoms. The van der Waals surface area contributed by atoms with Gasteiger partial charge in [-0.25, -0.2) is 22.6 Å². The molecule has 17 heteroatoms. The molecule has 354 valence electrons. The third-order valence-electron chi connectivity index (χ3n) is 14.6. The first-order chi connectivity index (χ1) is 31.4. The number of methoxy groups -OCH3 is 1. The summed E-state index contributed by atoms with van der Waals surface area (Å²) in [4.78, 5) is 65.5. The fraction of sp³-hybridized carbons (Fsp3) is 0.571. The fourth-order valence-corrected chi connectivity index (χ4v) is 12.2. The summed E-state index contributed by atoms with van der Waals surface area (Å²) in [5.74, 6) is -1.79. The van der Waals surface area contributed by atoms with Crippen LogP contribution in [0.2, 0.25) is 0 Å². The minimum absolute atomic E-state index is 0.0618. The normalized spacial score (nSPS) is 31.4. The Bertz CT molecular complexity index is 2560. The van der Waals surface area contributed by atoms with Gasteiger partial charge in [-0.3, -0.25) is 24.0 Å². The summed E-state index contributed by atoms with van der Waals surface area (Å²) < 4.78 is 61.7. The summed E-state index contributed by atoms with van der Waals surface area (Å²) in [7, 11) is -2.42. The Kier molecular flexibility index (Phi) is 12.2. The number of carboxylic acid groups (broad SMARTS) is 1. The average molecular weight is 930 g/mol. The third kappa shape index (κ3) is 9.15. The summed E-state index contributed by atoms with van der Waals surface area (Å²) in [6.07, 6.45) is 6.80. The molecule has 0 radical (unpaired) electrons. The Morgan fingerprint density at radius 1 is 1.02 bits per heavy atom. The molecule has 10 atom stereocenters. The van der Waals surface area contributed by atoms with Gasteiger partial charge >= 0.3 is 6.09 Å². The van der Waals surface area contributed by atoms with Gasteiger partial charge in [0.2, 0.25) is 27.7 Å². The van der Waals surface area contributed by atoms with Gasteiger partial charge < -0.3 is 29.5 Å². The number of amides is 4. The zero-order chi connectivity index (χ0) is 46.8. The van der Waals surface area contributed by atoms with Gasteiger partial charge in [0, 0.05) is 29.3 Å². The van der Waals surface area contributed by atoms with E-state index in [1.165, 1.54) is 21.9 Å². The molecule has 3 N–H and O–H groups in total. The van der Waals surface area contributed by atoms with Crippen LogP contribution in [0.15, 0.2) is 54.6 Å². The lowest BCUT2D eigenvalue weighted by Gasteiger charge is -2.40. The van der Waals surface area contributed by atoms with Crippen LogP contribution in [0, 0.1) is 35.4 Å². The summed E-state index contributed by atoms with van der Waals surface area (Å²) in [6.45, 7) is 7.47. The van der Waals surface area contributed by atoms with Gasteiger partial charge in [0.15, 0.2) is 11.6 Å². The zero-order valence-electron chi connectivity index (χ0n) is 38.1. The monoisotopic (exact) mass is 929 g/mol. The van der Waals surface area contributed by atoms with E-state index < -0.39 is 80.5 Å². The van der Waals surface area contributed by atoms with Crippen LogP contribution in [0.3, 0.4) is 0 Å². The van der Waals surface area contributed by atoms with E-state index in [1.807, 2.05) is 19.1 Å². The lowest BCUT2D eigenvalue weighted by molar-refractivity contribution is -0.145. The quantitative estimate of drug-likeness (QED) is 0.171. The molecule has 6 aliphatic rings. The van der Waals surface area contributed by atoms with Crippen molar-refractivity contribution in [3.05, 3.63) is 60.4 Å². The van der Waals surface area contributed by atoms with Gasteiger partial charge in [-0.15, -0.1) is 0 Å². The molecule has 15 nitrogen and oxygen atoms in total. The highest BCUT2D eigenvalue weighted by Crippen LogP contribution is 2.54. The number of halogens is 1. The van der Waals surface area contributed by atoms with Crippen molar-refractivity contribution in [3.8, 4) is 28.6 Å². The van der Waals surface area contributed by atoms with Gasteiger partial charge in [-0.05, 0) is 143 Å². The summed E-state index contributed by atoms with van der Waals surface area (Å²) in [5.41, 5.74) is -0.772. The van der Waals surface area contributed by atoms with E-state index in [0.717, 1.165) is 12.8 Å². The molecule has 1 saturated heterocycles. The van der Waals surface area contributed by atoms with Crippen LogP contribution >= 0.6 is 0 Å². The number of rotatable bonds is 11. The van der Waals surface area contributed by atoms with E-state index in [0.29, 0.717) is 78.1 Å². The second kappa shape index (κ2) is 17.6. The zero-order valence-corrected chi connectivity index (χ0v) is 38.9. The SMILES string of the molecule is COc1ccc2c(O[C@@H]3C[C@H]4C(=O)N[C@]5(C(=O)NS(=O)(=O)C6CC6)C[C@H]5/C=C\CC[C@H](C)C[C@@H](C)[C@H](N(C(=O)O)[C@H]5CC6C[C@H]6C5)C(=O)N4C3)nc(-c3ccc(OC(C)C)c(F)c3)cc2c1. The Morgan fingerprint density at radius 3 is 2.45 bits per heavy atom. The maximum absolute atomic E-state index is 15.5. The number of nitrogens with zero attached hydrogens (tertiary/aromatic N) is 3. The van der Waals surface area contributed by atoms with Crippen LogP contribution in [0.1, 0.15) is 91.9 Å². The molecule has 4 aliphatic carbocycles. The molecular formula is C49H60FN5O10S. The first kappa shape index (κ1) is 45.7. The summed E-state index contributed by atoms with van der Waals surface area (Å²) in [5, 5.41) is 14.4. The molecule has 66 heavy (non-hydrogen) atoms. The molecule has 3 aromatic rings. The van der Waals surface area contributed by atoms with Crippen molar-refractivity contribution in [2.75, 3.05) is 13.7 Å². The Balaban J connectivity index is 1.09. The number of ether oxygens (including phenoxy) is 3. The first-order valence-corrected chi connectivity index (χ1v) is 25.0. The average Bonchev–Trinajstić information content (AvgIpc) is 4.23. The molecule has 5 fully saturated rings. The van der Waals surface area contributed by atoms with Gasteiger partial charge in [-0.1, -0.05) is 26.0 Å². The van der Waals surface area contributed by atoms with Crippen LogP contribution in [0.25, 0.3) is 22.0 Å². The lowest BCUT2D eigenvalue weighted by atomic mass is 9.86. The highest BCUT2D eigenvalue weighted by molar-refractivity contribution is 7.91. The van der Waals surface area contributed by atoms with E-state index in [-0.39, 0.29) is 49.1 Å². The van der Waals surface area contributed by atoms with Crippen LogP contribution in [0.4, 0.5) is 9.18 Å². The van der Waals surface area contributed by atoms with E-state index in [1.54, 1.807) is 51.3 Å². The first-order valence-electron chi connectivity index (χ1n) is 23.4. The molecule has 4 amide bonds. The molecule has 1 aromatic heterocycles. The predicted octanol–water partition coefficient (Wildman–Crippen LogP) is 6.83. The second-order valence-electron chi connectivity index (χ2n) is 20.0. The number of allylic oxidation sites excluding steroid dienone is 1. The van der Waals surface area contributed by atoms with Crippen LogP contribution < -0.4 is 24.2 Å². The molecule has 2 aliphatic heterocycles. The maximum Gasteiger partial charge on any atom is 0.408 e. The molecular weight excluding hydrogens is 870 g/mol. The standard InChI is InChI=1S/C49H60FN5O10S/c1-26(2)64-42-15-10-29(21-39(42)50)40-22-32-20-35(63-5)11-14-38(32)45(51-40)65-36-23-41-44(56)52-49(47(58)53-66(61,62)37-12-13-37)24-33(49)9-7-6-8-27(3)16-28(4)43(46(57)54(41)25-36)55(48(59)60)34-18-30-17-31(30)19-34/h7,9-11,14-15,20-22,26-28,30-31,33-34,36-37,41,43H,6,8,12-13,16-19,23-25H2,1-5H3,(H,52,56)(H,53,58)(H,59,60)/b9-7-/t27-,28+,30-,31?,33+,34+,36+,41-,43-,49+/m0/s1. The van der Waals surface area contributed by atoms with Gasteiger partial charge in [0.25, 0.3) is 5.91 Å². The van der Waals surface area contributed by atoms with Crippen molar-refractivity contribution < 1.29 is 51.3 Å². The minimum Gasteiger partial charge on any atom is -0.497 e.